The first-order valence-electron chi connectivity index (χ1n) is 11.4. The highest BCUT2D eigenvalue weighted by Gasteiger charge is 2.46. The Labute approximate surface area is 204 Å². The van der Waals surface area contributed by atoms with E-state index in [1.807, 2.05) is 30.3 Å². The Bertz CT molecular complexity index is 975. The topological polar surface area (TPSA) is 85.0 Å². The van der Waals surface area contributed by atoms with Crippen molar-refractivity contribution in [1.82, 2.24) is 4.90 Å². The zero-order valence-electron chi connectivity index (χ0n) is 18.5. The molecule has 0 aromatic heterocycles. The van der Waals surface area contributed by atoms with Crippen molar-refractivity contribution in [1.29, 1.82) is 0 Å². The molecule has 1 atom stereocenters. The molecule has 1 saturated carbocycles. The number of amides is 1. The third kappa shape index (κ3) is 5.57. The normalized spacial score (nSPS) is 19.5. The maximum Gasteiger partial charge on any atom is 0.228 e. The van der Waals surface area contributed by atoms with Crippen molar-refractivity contribution in [3.8, 4) is 11.5 Å². The fourth-order valence-corrected chi connectivity index (χ4v) is 4.94. The van der Waals surface area contributed by atoms with E-state index in [2.05, 4.69) is 4.90 Å². The van der Waals surface area contributed by atoms with Gasteiger partial charge in [0.05, 0.1) is 15.5 Å². The molecule has 2 aromatic carbocycles. The van der Waals surface area contributed by atoms with E-state index in [-0.39, 0.29) is 18.6 Å². The number of halogens is 2. The molecule has 6 nitrogen and oxygen atoms in total. The lowest BCUT2D eigenvalue weighted by Gasteiger charge is -2.40. The average Bonchev–Trinajstić information content (AvgIpc) is 2.76. The van der Waals surface area contributed by atoms with E-state index in [0.29, 0.717) is 22.3 Å². The van der Waals surface area contributed by atoms with Crippen molar-refractivity contribution in [3.63, 3.8) is 0 Å². The molecule has 2 fully saturated rings. The van der Waals surface area contributed by atoms with Gasteiger partial charge in [-0.05, 0) is 43.9 Å². The van der Waals surface area contributed by atoms with Crippen LogP contribution in [-0.4, -0.2) is 54.4 Å². The van der Waals surface area contributed by atoms with Crippen LogP contribution in [0.1, 0.15) is 37.7 Å². The van der Waals surface area contributed by atoms with Gasteiger partial charge in [-0.25, -0.2) is 0 Å². The molecule has 33 heavy (non-hydrogen) atoms. The highest BCUT2D eigenvalue weighted by Crippen LogP contribution is 2.46. The number of likely N-dealkylation sites (tertiary alicyclic amines) is 1. The molecule has 0 radical (unpaired) electrons. The molecule has 3 N–H and O–H groups in total. The smallest absolute Gasteiger partial charge is 0.228 e. The molecule has 1 heterocycles. The summed E-state index contributed by atoms with van der Waals surface area (Å²) < 4.78 is 12.0. The van der Waals surface area contributed by atoms with E-state index in [1.165, 1.54) is 0 Å². The molecule has 1 aliphatic heterocycles. The number of carbonyl (C=O) groups excluding carboxylic acids is 1. The summed E-state index contributed by atoms with van der Waals surface area (Å²) in [6, 6.07) is 12.8. The molecule has 1 saturated heterocycles. The van der Waals surface area contributed by atoms with Gasteiger partial charge in [0.25, 0.3) is 0 Å². The highest BCUT2D eigenvalue weighted by molar-refractivity contribution is 6.42. The number of benzene rings is 2. The Morgan fingerprint density at radius 3 is 2.52 bits per heavy atom. The fraction of sp³-hybridized carbons (Fsp3) is 0.480. The molecule has 1 unspecified atom stereocenters. The summed E-state index contributed by atoms with van der Waals surface area (Å²) in [5.41, 5.74) is 5.90. The third-order valence-electron chi connectivity index (χ3n) is 6.71. The summed E-state index contributed by atoms with van der Waals surface area (Å²) in [4.78, 5) is 14.3. The van der Waals surface area contributed by atoms with Crippen molar-refractivity contribution >= 4 is 29.1 Å². The number of hydrogen-bond donors (Lipinski definition) is 2. The van der Waals surface area contributed by atoms with Gasteiger partial charge in [0, 0.05) is 31.3 Å². The minimum absolute atomic E-state index is 0.103. The third-order valence-corrected chi connectivity index (χ3v) is 7.45. The van der Waals surface area contributed by atoms with E-state index in [0.717, 1.165) is 56.5 Å². The monoisotopic (exact) mass is 492 g/mol. The fourth-order valence-electron chi connectivity index (χ4n) is 4.66. The van der Waals surface area contributed by atoms with Gasteiger partial charge in [0.2, 0.25) is 5.91 Å². The number of primary amides is 1. The van der Waals surface area contributed by atoms with E-state index in [1.54, 1.807) is 12.1 Å². The summed E-state index contributed by atoms with van der Waals surface area (Å²) in [6.45, 7) is 2.32. The Morgan fingerprint density at radius 1 is 1.15 bits per heavy atom. The maximum atomic E-state index is 12.1. The Kier molecular flexibility index (Phi) is 7.69. The van der Waals surface area contributed by atoms with E-state index in [4.69, 9.17) is 38.4 Å². The molecule has 0 spiro atoms. The predicted molar refractivity (Wildman–Crippen MR) is 129 cm³/mol. The average molecular weight is 493 g/mol. The number of rotatable bonds is 9. The van der Waals surface area contributed by atoms with Crippen LogP contribution in [-0.2, 0) is 10.2 Å². The Balaban J connectivity index is 1.25. The van der Waals surface area contributed by atoms with Crippen molar-refractivity contribution in [2.75, 3.05) is 26.2 Å². The van der Waals surface area contributed by atoms with Gasteiger partial charge >= 0.3 is 0 Å². The first-order chi connectivity index (χ1) is 15.9. The molecular weight excluding hydrogens is 463 g/mol. The van der Waals surface area contributed by atoms with Crippen molar-refractivity contribution in [2.45, 2.75) is 49.7 Å². The molecule has 1 amide bonds. The minimum atomic E-state index is -0.642. The zero-order valence-corrected chi connectivity index (χ0v) is 20.0. The lowest BCUT2D eigenvalue weighted by molar-refractivity contribution is -0.126. The van der Waals surface area contributed by atoms with Gasteiger partial charge in [-0.1, -0.05) is 47.8 Å². The van der Waals surface area contributed by atoms with Crippen molar-refractivity contribution in [3.05, 3.63) is 58.1 Å². The summed E-state index contributed by atoms with van der Waals surface area (Å²) in [7, 11) is 0. The standard InChI is InChI=1S/C25H30Cl2N2O4/c26-21-7-6-19(14-22(21)27)33-18-8-12-29(13-9-18)15-17(30)16-32-23-5-2-1-4-20(23)25(24(28)31)10-3-11-25/h1-2,4-7,14,17-18,30H,3,8-13,15-16H2,(H2,28,31). The molecular formula is C25H30Cl2N2O4. The Morgan fingerprint density at radius 2 is 1.88 bits per heavy atom. The van der Waals surface area contributed by atoms with Crippen LogP contribution in [0, 0.1) is 0 Å². The lowest BCUT2D eigenvalue weighted by atomic mass is 9.63. The second-order valence-electron chi connectivity index (χ2n) is 8.95. The van der Waals surface area contributed by atoms with Crippen LogP contribution in [0.15, 0.2) is 42.5 Å². The molecule has 8 heteroatoms. The summed E-state index contributed by atoms with van der Waals surface area (Å²) in [5, 5.41) is 11.6. The number of para-hydroxylation sites is 1. The first kappa shape index (κ1) is 24.1. The van der Waals surface area contributed by atoms with Gasteiger partial charge in [0.15, 0.2) is 0 Å². The number of aliphatic hydroxyl groups excluding tert-OH is 1. The van der Waals surface area contributed by atoms with Crippen molar-refractivity contribution in [2.24, 2.45) is 5.73 Å². The number of aliphatic hydroxyl groups is 1. The maximum absolute atomic E-state index is 12.1. The van der Waals surface area contributed by atoms with Crippen LogP contribution in [0.2, 0.25) is 10.0 Å². The van der Waals surface area contributed by atoms with Crippen LogP contribution in [0.25, 0.3) is 0 Å². The minimum Gasteiger partial charge on any atom is -0.491 e. The largest absolute Gasteiger partial charge is 0.491 e. The number of nitrogens with two attached hydrogens (primary N) is 1. The lowest BCUT2D eigenvalue weighted by Crippen LogP contribution is -2.47. The van der Waals surface area contributed by atoms with E-state index in [9.17, 15) is 9.90 Å². The molecule has 2 aliphatic rings. The van der Waals surface area contributed by atoms with E-state index >= 15 is 0 Å². The van der Waals surface area contributed by atoms with Crippen LogP contribution < -0.4 is 15.2 Å². The molecule has 2 aromatic rings. The highest BCUT2D eigenvalue weighted by atomic mass is 35.5. The SMILES string of the molecule is NC(=O)C1(c2ccccc2OCC(O)CN2CCC(Oc3ccc(Cl)c(Cl)c3)CC2)CCC1. The summed E-state index contributed by atoms with van der Waals surface area (Å²) in [6.07, 6.45) is 3.64. The van der Waals surface area contributed by atoms with Crippen LogP contribution in [0.5, 0.6) is 11.5 Å². The first-order valence-corrected chi connectivity index (χ1v) is 12.2. The molecule has 1 aliphatic carbocycles. The number of hydrogen-bond acceptors (Lipinski definition) is 5. The zero-order chi connectivity index (χ0) is 23.4. The quantitative estimate of drug-likeness (QED) is 0.548. The van der Waals surface area contributed by atoms with Gasteiger partial charge < -0.3 is 25.2 Å². The van der Waals surface area contributed by atoms with Crippen LogP contribution in [0.3, 0.4) is 0 Å². The second kappa shape index (κ2) is 10.5. The predicted octanol–water partition coefficient (Wildman–Crippen LogP) is 4.18. The van der Waals surface area contributed by atoms with Gasteiger partial charge in [-0.2, -0.15) is 0 Å². The summed E-state index contributed by atoms with van der Waals surface area (Å²) >= 11 is 12.0. The van der Waals surface area contributed by atoms with Gasteiger partial charge in [-0.15, -0.1) is 0 Å². The Hall–Kier alpha value is -1.99. The number of β-amino-alcohol motifs (C(OH)–C–C–N with tert-alkyl or cyclic N) is 1. The number of ether oxygens (including phenoxy) is 2. The van der Waals surface area contributed by atoms with Gasteiger partial charge in [-0.3, -0.25) is 4.79 Å². The number of carbonyl (C=O) groups is 1. The van der Waals surface area contributed by atoms with Crippen molar-refractivity contribution < 1.29 is 19.4 Å². The molecule has 0 bridgehead atoms. The molecule has 178 valence electrons. The van der Waals surface area contributed by atoms with E-state index < -0.39 is 11.5 Å². The van der Waals surface area contributed by atoms with Gasteiger partial charge in [0.1, 0.15) is 30.3 Å². The number of nitrogens with zero attached hydrogens (tertiary/aromatic N) is 1. The molecule has 4 rings (SSSR count). The summed E-state index contributed by atoms with van der Waals surface area (Å²) in [5.74, 6) is 1.04. The van der Waals surface area contributed by atoms with Crippen LogP contribution in [0.4, 0.5) is 0 Å². The number of piperidine rings is 1. The second-order valence-corrected chi connectivity index (χ2v) is 9.77. The van der Waals surface area contributed by atoms with Crippen LogP contribution >= 0.6 is 23.2 Å².